The van der Waals surface area contributed by atoms with Gasteiger partial charge in [-0.2, -0.15) is 0 Å². The van der Waals surface area contributed by atoms with Crippen LogP contribution in [0.4, 0.5) is 0 Å². The van der Waals surface area contributed by atoms with Gasteiger partial charge >= 0.3 is 0 Å². The quantitative estimate of drug-likeness (QED) is 0.846. The maximum atomic E-state index is 11.8. The summed E-state index contributed by atoms with van der Waals surface area (Å²) in [5.41, 5.74) is 1.23. The van der Waals surface area contributed by atoms with Crippen molar-refractivity contribution >= 4 is 17.5 Å². The molecule has 0 bridgehead atoms. The molecule has 0 saturated heterocycles. The number of carbonyl (C=O) groups excluding carboxylic acids is 1. The van der Waals surface area contributed by atoms with Crippen LogP contribution >= 0.6 is 11.6 Å². The molecule has 4 heteroatoms. The summed E-state index contributed by atoms with van der Waals surface area (Å²) in [5.74, 6) is 0.0863. The molecule has 0 saturated carbocycles. The molecule has 1 rings (SSSR count). The molecule has 1 atom stereocenters. The summed E-state index contributed by atoms with van der Waals surface area (Å²) in [6.07, 6.45) is 1.32. The van der Waals surface area contributed by atoms with Gasteiger partial charge in [0.2, 0.25) is 5.91 Å². The third-order valence-corrected chi connectivity index (χ3v) is 3.12. The van der Waals surface area contributed by atoms with Crippen LogP contribution in [0.1, 0.15) is 39.7 Å². The summed E-state index contributed by atoms with van der Waals surface area (Å²) < 4.78 is 0. The van der Waals surface area contributed by atoms with Gasteiger partial charge in [-0.15, -0.1) is 0 Å². The summed E-state index contributed by atoms with van der Waals surface area (Å²) in [4.78, 5) is 11.8. The zero-order valence-electron chi connectivity index (χ0n) is 12.8. The molecule has 1 amide bonds. The van der Waals surface area contributed by atoms with Gasteiger partial charge in [-0.25, -0.2) is 0 Å². The van der Waals surface area contributed by atoms with Crippen molar-refractivity contribution in [2.24, 2.45) is 0 Å². The van der Waals surface area contributed by atoms with E-state index in [1.54, 1.807) is 0 Å². The number of benzene rings is 1. The van der Waals surface area contributed by atoms with Crippen LogP contribution in [0.15, 0.2) is 24.3 Å². The first kappa shape index (κ1) is 17.0. The van der Waals surface area contributed by atoms with Gasteiger partial charge in [0.05, 0.1) is 0 Å². The Bertz CT molecular complexity index is 423. The number of halogens is 1. The molecule has 0 aliphatic carbocycles. The van der Waals surface area contributed by atoms with E-state index in [0.717, 1.165) is 11.4 Å². The highest BCUT2D eigenvalue weighted by Gasteiger charge is 2.11. The third-order valence-electron chi connectivity index (χ3n) is 2.87. The molecule has 1 unspecified atom stereocenters. The zero-order valence-corrected chi connectivity index (χ0v) is 13.6. The van der Waals surface area contributed by atoms with Gasteiger partial charge < -0.3 is 10.6 Å². The van der Waals surface area contributed by atoms with Crippen LogP contribution in [0.2, 0.25) is 5.02 Å². The first-order valence-corrected chi connectivity index (χ1v) is 7.43. The predicted molar refractivity (Wildman–Crippen MR) is 85.1 cm³/mol. The number of amides is 1. The standard InChI is InChI=1S/C16H25ClN2O/c1-12(11-13-5-7-14(17)8-6-13)19-15(20)9-10-18-16(2,3)4/h5-8,12,18H,9-11H2,1-4H3,(H,19,20). The molecule has 2 N–H and O–H groups in total. The van der Waals surface area contributed by atoms with E-state index in [1.807, 2.05) is 31.2 Å². The molecule has 0 radical (unpaired) electrons. The van der Waals surface area contributed by atoms with E-state index in [9.17, 15) is 4.79 Å². The first-order chi connectivity index (χ1) is 9.26. The van der Waals surface area contributed by atoms with Crippen molar-refractivity contribution < 1.29 is 4.79 Å². The maximum Gasteiger partial charge on any atom is 0.221 e. The third kappa shape index (κ3) is 7.51. The Labute approximate surface area is 127 Å². The average Bonchev–Trinajstić information content (AvgIpc) is 2.30. The largest absolute Gasteiger partial charge is 0.353 e. The smallest absolute Gasteiger partial charge is 0.221 e. The number of rotatable bonds is 6. The molecule has 20 heavy (non-hydrogen) atoms. The van der Waals surface area contributed by atoms with E-state index in [4.69, 9.17) is 11.6 Å². The van der Waals surface area contributed by atoms with Crippen LogP contribution in [0.3, 0.4) is 0 Å². The summed E-state index contributed by atoms with van der Waals surface area (Å²) in [6.45, 7) is 8.99. The van der Waals surface area contributed by atoms with Crippen molar-refractivity contribution in [3.63, 3.8) is 0 Å². The van der Waals surface area contributed by atoms with Crippen LogP contribution in [0.5, 0.6) is 0 Å². The Morgan fingerprint density at radius 1 is 1.25 bits per heavy atom. The summed E-state index contributed by atoms with van der Waals surface area (Å²) in [5, 5.41) is 7.06. The van der Waals surface area contributed by atoms with Crippen molar-refractivity contribution in [1.29, 1.82) is 0 Å². The highest BCUT2D eigenvalue weighted by Crippen LogP contribution is 2.11. The van der Waals surface area contributed by atoms with E-state index in [2.05, 4.69) is 31.4 Å². The molecule has 3 nitrogen and oxygen atoms in total. The molecule has 0 spiro atoms. The van der Waals surface area contributed by atoms with Gasteiger partial charge in [0, 0.05) is 29.6 Å². The van der Waals surface area contributed by atoms with Gasteiger partial charge in [-0.05, 0) is 51.8 Å². The van der Waals surface area contributed by atoms with E-state index < -0.39 is 0 Å². The van der Waals surface area contributed by atoms with Gasteiger partial charge in [0.25, 0.3) is 0 Å². The second-order valence-electron chi connectivity index (χ2n) is 6.23. The van der Waals surface area contributed by atoms with Gasteiger partial charge in [0.15, 0.2) is 0 Å². The summed E-state index contributed by atoms with van der Waals surface area (Å²) >= 11 is 5.85. The fourth-order valence-electron chi connectivity index (χ4n) is 1.92. The molecule has 0 heterocycles. The lowest BCUT2D eigenvalue weighted by Crippen LogP contribution is -2.40. The Morgan fingerprint density at radius 3 is 2.40 bits per heavy atom. The molecule has 0 aromatic heterocycles. The van der Waals surface area contributed by atoms with Crippen molar-refractivity contribution in [2.75, 3.05) is 6.54 Å². The Kier molecular flexibility index (Phi) is 6.50. The van der Waals surface area contributed by atoms with E-state index >= 15 is 0 Å². The van der Waals surface area contributed by atoms with Crippen LogP contribution in [-0.2, 0) is 11.2 Å². The molecule has 0 fully saturated rings. The second kappa shape index (κ2) is 7.65. The molecular weight excluding hydrogens is 272 g/mol. The molecule has 1 aromatic rings. The normalized spacial score (nSPS) is 13.1. The summed E-state index contributed by atoms with van der Waals surface area (Å²) in [7, 11) is 0. The van der Waals surface area contributed by atoms with Crippen molar-refractivity contribution in [3.05, 3.63) is 34.9 Å². The van der Waals surface area contributed by atoms with Gasteiger partial charge in [-0.3, -0.25) is 4.79 Å². The number of hydrogen-bond acceptors (Lipinski definition) is 2. The number of carbonyl (C=O) groups is 1. The van der Waals surface area contributed by atoms with Crippen molar-refractivity contribution in [1.82, 2.24) is 10.6 Å². The minimum absolute atomic E-state index is 0.0508. The van der Waals surface area contributed by atoms with Gasteiger partial charge in [-0.1, -0.05) is 23.7 Å². The molecule has 112 valence electrons. The lowest BCUT2D eigenvalue weighted by atomic mass is 10.1. The zero-order chi connectivity index (χ0) is 15.2. The topological polar surface area (TPSA) is 41.1 Å². The SMILES string of the molecule is CC(Cc1ccc(Cl)cc1)NC(=O)CCNC(C)(C)C. The number of hydrogen-bond donors (Lipinski definition) is 2. The van der Waals surface area contributed by atoms with Crippen LogP contribution in [0.25, 0.3) is 0 Å². The highest BCUT2D eigenvalue weighted by atomic mass is 35.5. The lowest BCUT2D eigenvalue weighted by Gasteiger charge is -2.20. The monoisotopic (exact) mass is 296 g/mol. The Balaban J connectivity index is 2.29. The van der Waals surface area contributed by atoms with Crippen LogP contribution in [0, 0.1) is 0 Å². The van der Waals surface area contributed by atoms with Crippen LogP contribution in [-0.4, -0.2) is 24.0 Å². The number of nitrogens with one attached hydrogen (secondary N) is 2. The Morgan fingerprint density at radius 2 is 1.85 bits per heavy atom. The lowest BCUT2D eigenvalue weighted by molar-refractivity contribution is -0.121. The molecular formula is C16H25ClN2O. The minimum atomic E-state index is 0.0508. The van der Waals surface area contributed by atoms with Crippen molar-refractivity contribution in [2.45, 2.75) is 52.1 Å². The highest BCUT2D eigenvalue weighted by molar-refractivity contribution is 6.30. The van der Waals surface area contributed by atoms with E-state index in [1.165, 1.54) is 5.56 Å². The van der Waals surface area contributed by atoms with Crippen molar-refractivity contribution in [3.8, 4) is 0 Å². The predicted octanol–water partition coefficient (Wildman–Crippen LogP) is 3.17. The van der Waals surface area contributed by atoms with E-state index in [0.29, 0.717) is 13.0 Å². The first-order valence-electron chi connectivity index (χ1n) is 7.05. The van der Waals surface area contributed by atoms with Crippen LogP contribution < -0.4 is 10.6 Å². The fraction of sp³-hybridized carbons (Fsp3) is 0.562. The molecule has 0 aliphatic rings. The summed E-state index contributed by atoms with van der Waals surface area (Å²) in [6, 6.07) is 7.86. The minimum Gasteiger partial charge on any atom is -0.353 e. The second-order valence-corrected chi connectivity index (χ2v) is 6.66. The van der Waals surface area contributed by atoms with E-state index in [-0.39, 0.29) is 17.5 Å². The molecule has 1 aromatic carbocycles. The average molecular weight is 297 g/mol. The molecule has 0 aliphatic heterocycles. The van der Waals surface area contributed by atoms with Gasteiger partial charge in [0.1, 0.15) is 0 Å². The Hall–Kier alpha value is -1.06. The maximum absolute atomic E-state index is 11.8. The fourth-order valence-corrected chi connectivity index (χ4v) is 2.05.